The van der Waals surface area contributed by atoms with E-state index in [1.54, 1.807) is 12.1 Å². The van der Waals surface area contributed by atoms with Crippen LogP contribution < -0.4 is 10.6 Å². The molecule has 0 fully saturated rings. The van der Waals surface area contributed by atoms with Crippen LogP contribution in [0, 0.1) is 0 Å². The first-order valence-electron chi connectivity index (χ1n) is 7.99. The van der Waals surface area contributed by atoms with Gasteiger partial charge in [0.1, 0.15) is 0 Å². The SMILES string of the molecule is COC(CNC(=O)CCNC(=O)c1ccc(C(C)(C)C)cc1)OC. The number of benzene rings is 1. The zero-order chi connectivity index (χ0) is 18.2. The van der Waals surface area contributed by atoms with E-state index in [0.717, 1.165) is 0 Å². The van der Waals surface area contributed by atoms with E-state index in [1.165, 1.54) is 19.8 Å². The van der Waals surface area contributed by atoms with Gasteiger partial charge in [-0.05, 0) is 23.1 Å². The number of carbonyl (C=O) groups is 2. The summed E-state index contributed by atoms with van der Waals surface area (Å²) >= 11 is 0. The van der Waals surface area contributed by atoms with Crippen LogP contribution in [0.1, 0.15) is 43.1 Å². The third-order valence-corrected chi connectivity index (χ3v) is 3.64. The van der Waals surface area contributed by atoms with Crippen LogP contribution in [0.3, 0.4) is 0 Å². The molecule has 2 amide bonds. The van der Waals surface area contributed by atoms with Gasteiger partial charge in [-0.15, -0.1) is 0 Å². The van der Waals surface area contributed by atoms with Crippen molar-refractivity contribution >= 4 is 11.8 Å². The lowest BCUT2D eigenvalue weighted by Gasteiger charge is -2.19. The zero-order valence-electron chi connectivity index (χ0n) is 15.1. The Morgan fingerprint density at radius 1 is 1.04 bits per heavy atom. The predicted octanol–water partition coefficient (Wildman–Crippen LogP) is 1.84. The van der Waals surface area contributed by atoms with Gasteiger partial charge < -0.3 is 20.1 Å². The molecule has 0 bridgehead atoms. The van der Waals surface area contributed by atoms with Gasteiger partial charge in [0.15, 0.2) is 6.29 Å². The number of rotatable bonds is 8. The molecule has 1 aromatic rings. The first-order valence-corrected chi connectivity index (χ1v) is 7.99. The summed E-state index contributed by atoms with van der Waals surface area (Å²) in [6.45, 7) is 6.92. The van der Waals surface area contributed by atoms with Gasteiger partial charge >= 0.3 is 0 Å². The average molecular weight is 336 g/mol. The van der Waals surface area contributed by atoms with Gasteiger partial charge in [-0.3, -0.25) is 9.59 Å². The highest BCUT2D eigenvalue weighted by molar-refractivity contribution is 5.94. The maximum Gasteiger partial charge on any atom is 0.251 e. The van der Waals surface area contributed by atoms with Crippen molar-refractivity contribution in [3.63, 3.8) is 0 Å². The molecule has 0 atom stereocenters. The third-order valence-electron chi connectivity index (χ3n) is 3.64. The average Bonchev–Trinajstić information content (AvgIpc) is 2.55. The van der Waals surface area contributed by atoms with Crippen LogP contribution in [-0.4, -0.2) is 45.4 Å². The van der Waals surface area contributed by atoms with Gasteiger partial charge in [0, 0.05) is 32.7 Å². The van der Waals surface area contributed by atoms with E-state index in [9.17, 15) is 9.59 Å². The molecule has 1 aromatic carbocycles. The third kappa shape index (κ3) is 6.68. The summed E-state index contributed by atoms with van der Waals surface area (Å²) in [5.41, 5.74) is 1.81. The summed E-state index contributed by atoms with van der Waals surface area (Å²) in [6, 6.07) is 7.52. The van der Waals surface area contributed by atoms with Crippen LogP contribution in [0.2, 0.25) is 0 Å². The summed E-state index contributed by atoms with van der Waals surface area (Å²) < 4.78 is 9.95. The molecule has 0 aromatic heterocycles. The van der Waals surface area contributed by atoms with Gasteiger partial charge in [-0.2, -0.15) is 0 Å². The summed E-state index contributed by atoms with van der Waals surface area (Å²) in [5, 5.41) is 5.42. The summed E-state index contributed by atoms with van der Waals surface area (Å²) in [4.78, 5) is 23.7. The van der Waals surface area contributed by atoms with Crippen molar-refractivity contribution < 1.29 is 19.1 Å². The monoisotopic (exact) mass is 336 g/mol. The van der Waals surface area contributed by atoms with Crippen LogP contribution >= 0.6 is 0 Å². The molecule has 0 aliphatic heterocycles. The van der Waals surface area contributed by atoms with Crippen molar-refractivity contribution in [3.8, 4) is 0 Å². The summed E-state index contributed by atoms with van der Waals surface area (Å²) in [7, 11) is 3.01. The molecule has 0 spiro atoms. The number of methoxy groups -OCH3 is 2. The van der Waals surface area contributed by atoms with Crippen molar-refractivity contribution in [1.82, 2.24) is 10.6 Å². The highest BCUT2D eigenvalue weighted by Gasteiger charge is 2.14. The quantitative estimate of drug-likeness (QED) is 0.710. The minimum Gasteiger partial charge on any atom is -0.354 e. The number of nitrogens with one attached hydrogen (secondary N) is 2. The van der Waals surface area contributed by atoms with Crippen LogP contribution in [0.5, 0.6) is 0 Å². The van der Waals surface area contributed by atoms with Crippen molar-refractivity contribution in [2.24, 2.45) is 0 Å². The Labute approximate surface area is 143 Å². The second-order valence-corrected chi connectivity index (χ2v) is 6.54. The van der Waals surface area contributed by atoms with E-state index in [4.69, 9.17) is 9.47 Å². The molecule has 134 valence electrons. The Hall–Kier alpha value is -1.92. The molecule has 6 nitrogen and oxygen atoms in total. The normalized spacial score (nSPS) is 11.4. The van der Waals surface area contributed by atoms with Crippen molar-refractivity contribution in [2.75, 3.05) is 27.3 Å². The molecule has 0 radical (unpaired) electrons. The number of amides is 2. The van der Waals surface area contributed by atoms with E-state index in [1.807, 2.05) is 12.1 Å². The van der Waals surface area contributed by atoms with Crippen LogP contribution in [-0.2, 0) is 19.7 Å². The molecular weight excluding hydrogens is 308 g/mol. The van der Waals surface area contributed by atoms with E-state index in [2.05, 4.69) is 31.4 Å². The lowest BCUT2D eigenvalue weighted by Crippen LogP contribution is -2.36. The molecule has 0 aliphatic carbocycles. The molecule has 6 heteroatoms. The van der Waals surface area contributed by atoms with Crippen LogP contribution in [0.25, 0.3) is 0 Å². The topological polar surface area (TPSA) is 76.7 Å². The van der Waals surface area contributed by atoms with Crippen LogP contribution in [0.4, 0.5) is 0 Å². The second-order valence-electron chi connectivity index (χ2n) is 6.54. The zero-order valence-corrected chi connectivity index (χ0v) is 15.1. The maximum absolute atomic E-state index is 12.1. The van der Waals surface area contributed by atoms with E-state index < -0.39 is 6.29 Å². The van der Waals surface area contributed by atoms with Crippen molar-refractivity contribution in [1.29, 1.82) is 0 Å². The van der Waals surface area contributed by atoms with Gasteiger partial charge in [0.05, 0.1) is 6.54 Å². The highest BCUT2D eigenvalue weighted by Crippen LogP contribution is 2.22. The summed E-state index contributed by atoms with van der Waals surface area (Å²) in [6.07, 6.45) is -0.267. The lowest BCUT2D eigenvalue weighted by molar-refractivity contribution is -0.127. The fourth-order valence-electron chi connectivity index (χ4n) is 2.06. The maximum atomic E-state index is 12.1. The molecule has 0 saturated heterocycles. The predicted molar refractivity (Wildman–Crippen MR) is 92.9 cm³/mol. The molecule has 0 unspecified atom stereocenters. The molecule has 0 aliphatic rings. The largest absolute Gasteiger partial charge is 0.354 e. The van der Waals surface area contributed by atoms with Gasteiger partial charge in [0.25, 0.3) is 5.91 Å². The molecule has 0 saturated carbocycles. The van der Waals surface area contributed by atoms with Gasteiger partial charge in [-0.25, -0.2) is 0 Å². The van der Waals surface area contributed by atoms with Gasteiger partial charge in [0.2, 0.25) is 5.91 Å². The fourth-order valence-corrected chi connectivity index (χ4v) is 2.06. The standard InChI is InChI=1S/C18H28N2O4/c1-18(2,3)14-8-6-13(7-9-14)17(22)19-11-10-15(21)20-12-16(23-4)24-5/h6-9,16H,10-12H2,1-5H3,(H,19,22)(H,20,21). The number of hydrogen-bond donors (Lipinski definition) is 2. The number of carbonyl (C=O) groups excluding carboxylic acids is 2. The Bertz CT molecular complexity index is 531. The second kappa shape index (κ2) is 9.39. The van der Waals surface area contributed by atoms with Gasteiger partial charge in [-0.1, -0.05) is 32.9 Å². The van der Waals surface area contributed by atoms with E-state index in [0.29, 0.717) is 5.56 Å². The summed E-state index contributed by atoms with van der Waals surface area (Å²) in [5.74, 6) is -0.354. The molecule has 0 heterocycles. The number of ether oxygens (including phenoxy) is 2. The van der Waals surface area contributed by atoms with Crippen molar-refractivity contribution in [3.05, 3.63) is 35.4 Å². The van der Waals surface area contributed by atoms with E-state index in [-0.39, 0.29) is 36.7 Å². The van der Waals surface area contributed by atoms with E-state index >= 15 is 0 Å². The minimum absolute atomic E-state index is 0.0510. The molecular formula is C18H28N2O4. The molecule has 24 heavy (non-hydrogen) atoms. The Morgan fingerprint density at radius 2 is 1.62 bits per heavy atom. The fraction of sp³-hybridized carbons (Fsp3) is 0.556. The minimum atomic E-state index is -0.468. The Morgan fingerprint density at radius 3 is 2.12 bits per heavy atom. The first-order chi connectivity index (χ1) is 11.3. The van der Waals surface area contributed by atoms with Crippen molar-refractivity contribution in [2.45, 2.75) is 38.9 Å². The lowest BCUT2D eigenvalue weighted by atomic mass is 9.87. The van der Waals surface area contributed by atoms with Crippen LogP contribution in [0.15, 0.2) is 24.3 Å². The Balaban J connectivity index is 2.37. The number of hydrogen-bond acceptors (Lipinski definition) is 4. The highest BCUT2D eigenvalue weighted by atomic mass is 16.7. The Kier molecular flexibility index (Phi) is 7.88. The smallest absolute Gasteiger partial charge is 0.251 e. The molecule has 1 rings (SSSR count). The molecule has 2 N–H and O–H groups in total. The first kappa shape index (κ1) is 20.1.